The standard InChI is InChI=1S/C20H20N4/c1-2-4-17-16(3-1)20(23-18(13-5-6-13)14-7-8-14)24-19(22-17)15-9-11-21-12-10-15/h1-4,9-14,18H,5-8H2,(H,22,23,24). The summed E-state index contributed by atoms with van der Waals surface area (Å²) >= 11 is 0. The Kier molecular flexibility index (Phi) is 3.21. The minimum Gasteiger partial charge on any atom is -0.366 e. The molecule has 2 fully saturated rings. The number of fused-ring (bicyclic) bond motifs is 1. The zero-order valence-electron chi connectivity index (χ0n) is 13.5. The monoisotopic (exact) mass is 316 g/mol. The molecule has 1 aromatic carbocycles. The molecular weight excluding hydrogens is 296 g/mol. The summed E-state index contributed by atoms with van der Waals surface area (Å²) in [5, 5.41) is 4.90. The van der Waals surface area contributed by atoms with E-state index in [4.69, 9.17) is 9.97 Å². The molecule has 0 bridgehead atoms. The van der Waals surface area contributed by atoms with Gasteiger partial charge in [0.1, 0.15) is 5.82 Å². The fourth-order valence-corrected chi connectivity index (χ4v) is 3.51. The van der Waals surface area contributed by atoms with Gasteiger partial charge in [0.05, 0.1) is 5.52 Å². The lowest BCUT2D eigenvalue weighted by atomic mass is 10.1. The second kappa shape index (κ2) is 5.55. The van der Waals surface area contributed by atoms with E-state index in [1.165, 1.54) is 25.7 Å². The van der Waals surface area contributed by atoms with E-state index >= 15 is 0 Å². The number of aromatic nitrogens is 3. The minimum absolute atomic E-state index is 0.577. The van der Waals surface area contributed by atoms with Gasteiger partial charge in [-0.2, -0.15) is 0 Å². The van der Waals surface area contributed by atoms with Crippen molar-refractivity contribution < 1.29 is 0 Å². The number of pyridine rings is 1. The van der Waals surface area contributed by atoms with Crippen molar-refractivity contribution in [3.05, 3.63) is 48.8 Å². The minimum atomic E-state index is 0.577. The van der Waals surface area contributed by atoms with Crippen LogP contribution in [-0.2, 0) is 0 Å². The van der Waals surface area contributed by atoms with E-state index in [1.54, 1.807) is 12.4 Å². The Morgan fingerprint density at radius 2 is 1.58 bits per heavy atom. The number of rotatable bonds is 5. The number of para-hydroxylation sites is 1. The lowest BCUT2D eigenvalue weighted by Crippen LogP contribution is -2.25. The molecule has 24 heavy (non-hydrogen) atoms. The van der Waals surface area contributed by atoms with Crippen molar-refractivity contribution in [2.45, 2.75) is 31.7 Å². The molecule has 3 aromatic rings. The van der Waals surface area contributed by atoms with Gasteiger partial charge >= 0.3 is 0 Å². The summed E-state index contributed by atoms with van der Waals surface area (Å²) in [5.74, 6) is 3.41. The summed E-state index contributed by atoms with van der Waals surface area (Å²) in [6.07, 6.45) is 9.00. The lowest BCUT2D eigenvalue weighted by molar-refractivity contribution is 0.566. The molecule has 2 saturated carbocycles. The second-order valence-corrected chi connectivity index (χ2v) is 6.99. The van der Waals surface area contributed by atoms with Crippen LogP contribution in [-0.4, -0.2) is 21.0 Å². The Labute approximate surface area is 141 Å². The molecule has 2 aromatic heterocycles. The quantitative estimate of drug-likeness (QED) is 0.763. The zero-order chi connectivity index (χ0) is 15.9. The van der Waals surface area contributed by atoms with E-state index in [0.29, 0.717) is 6.04 Å². The van der Waals surface area contributed by atoms with Crippen LogP contribution in [0.15, 0.2) is 48.8 Å². The Balaban J connectivity index is 1.60. The number of hydrogen-bond acceptors (Lipinski definition) is 4. The number of anilines is 1. The fourth-order valence-electron chi connectivity index (χ4n) is 3.51. The topological polar surface area (TPSA) is 50.7 Å². The Morgan fingerprint density at radius 1 is 0.875 bits per heavy atom. The number of nitrogens with one attached hydrogen (secondary N) is 1. The highest BCUT2D eigenvalue weighted by molar-refractivity contribution is 5.90. The van der Waals surface area contributed by atoms with Gasteiger partial charge in [0, 0.05) is 29.4 Å². The number of nitrogens with zero attached hydrogens (tertiary/aromatic N) is 3. The molecule has 0 atom stereocenters. The second-order valence-electron chi connectivity index (χ2n) is 6.99. The Hall–Kier alpha value is -2.49. The number of benzene rings is 1. The van der Waals surface area contributed by atoms with Gasteiger partial charge in [-0.05, 0) is 61.8 Å². The highest BCUT2D eigenvalue weighted by Crippen LogP contribution is 2.46. The molecular formula is C20H20N4. The van der Waals surface area contributed by atoms with E-state index in [1.807, 2.05) is 18.2 Å². The average Bonchev–Trinajstić information content (AvgIpc) is 3.54. The summed E-state index contributed by atoms with van der Waals surface area (Å²) < 4.78 is 0. The van der Waals surface area contributed by atoms with Crippen LogP contribution in [0.1, 0.15) is 25.7 Å². The van der Waals surface area contributed by atoms with Crippen LogP contribution in [0, 0.1) is 11.8 Å². The largest absolute Gasteiger partial charge is 0.366 e. The molecule has 1 N–H and O–H groups in total. The van der Waals surface area contributed by atoms with Gasteiger partial charge < -0.3 is 5.32 Å². The maximum absolute atomic E-state index is 4.88. The Morgan fingerprint density at radius 3 is 2.29 bits per heavy atom. The molecule has 0 aliphatic heterocycles. The summed E-state index contributed by atoms with van der Waals surface area (Å²) in [5.41, 5.74) is 2.00. The van der Waals surface area contributed by atoms with Crippen molar-refractivity contribution in [3.8, 4) is 11.4 Å². The van der Waals surface area contributed by atoms with Crippen LogP contribution >= 0.6 is 0 Å². The van der Waals surface area contributed by atoms with E-state index in [-0.39, 0.29) is 0 Å². The van der Waals surface area contributed by atoms with Gasteiger partial charge in [0.2, 0.25) is 0 Å². The van der Waals surface area contributed by atoms with Crippen LogP contribution in [0.4, 0.5) is 5.82 Å². The van der Waals surface area contributed by atoms with Crippen LogP contribution in [0.25, 0.3) is 22.3 Å². The van der Waals surface area contributed by atoms with Crippen molar-refractivity contribution in [2.24, 2.45) is 11.8 Å². The maximum Gasteiger partial charge on any atom is 0.162 e. The average molecular weight is 316 g/mol. The molecule has 0 spiro atoms. The maximum atomic E-state index is 4.88. The molecule has 0 saturated heterocycles. The molecule has 4 nitrogen and oxygen atoms in total. The van der Waals surface area contributed by atoms with Crippen LogP contribution < -0.4 is 5.32 Å². The highest BCUT2D eigenvalue weighted by atomic mass is 15.1. The molecule has 0 radical (unpaired) electrons. The number of hydrogen-bond donors (Lipinski definition) is 1. The summed E-state index contributed by atoms with van der Waals surface area (Å²) in [4.78, 5) is 13.7. The smallest absolute Gasteiger partial charge is 0.162 e. The van der Waals surface area contributed by atoms with Crippen molar-refractivity contribution >= 4 is 16.7 Å². The summed E-state index contributed by atoms with van der Waals surface area (Å²) in [6, 6.07) is 12.8. The Bertz CT molecular complexity index is 857. The van der Waals surface area contributed by atoms with Gasteiger partial charge in [-0.15, -0.1) is 0 Å². The predicted molar refractivity (Wildman–Crippen MR) is 95.6 cm³/mol. The van der Waals surface area contributed by atoms with Crippen LogP contribution in [0.3, 0.4) is 0 Å². The van der Waals surface area contributed by atoms with Crippen molar-refractivity contribution in [3.63, 3.8) is 0 Å². The molecule has 120 valence electrons. The first kappa shape index (κ1) is 13.9. The van der Waals surface area contributed by atoms with E-state index in [0.717, 1.165) is 39.9 Å². The first-order chi connectivity index (χ1) is 11.9. The van der Waals surface area contributed by atoms with Crippen LogP contribution in [0.5, 0.6) is 0 Å². The van der Waals surface area contributed by atoms with Crippen molar-refractivity contribution in [1.29, 1.82) is 0 Å². The SMILES string of the molecule is c1ccc2c(NC(C3CC3)C3CC3)nc(-c3ccncc3)nc2c1. The summed E-state index contributed by atoms with van der Waals surface area (Å²) in [7, 11) is 0. The molecule has 0 amide bonds. The van der Waals surface area contributed by atoms with Crippen molar-refractivity contribution in [1.82, 2.24) is 15.0 Å². The third-order valence-corrected chi connectivity index (χ3v) is 5.10. The zero-order valence-corrected chi connectivity index (χ0v) is 13.5. The third-order valence-electron chi connectivity index (χ3n) is 5.10. The van der Waals surface area contributed by atoms with Gasteiger partial charge in [0.15, 0.2) is 5.82 Å². The van der Waals surface area contributed by atoms with Crippen molar-refractivity contribution in [2.75, 3.05) is 5.32 Å². The van der Waals surface area contributed by atoms with E-state index < -0.39 is 0 Å². The molecule has 2 heterocycles. The molecule has 5 rings (SSSR count). The van der Waals surface area contributed by atoms with E-state index in [9.17, 15) is 0 Å². The van der Waals surface area contributed by atoms with E-state index in [2.05, 4.69) is 28.5 Å². The predicted octanol–water partition coefficient (Wildman–Crippen LogP) is 4.29. The molecule has 2 aliphatic carbocycles. The van der Waals surface area contributed by atoms with Gasteiger partial charge in [-0.25, -0.2) is 9.97 Å². The molecule has 4 heteroatoms. The first-order valence-corrected chi connectivity index (χ1v) is 8.82. The van der Waals surface area contributed by atoms with Gasteiger partial charge in [0.25, 0.3) is 0 Å². The highest BCUT2D eigenvalue weighted by Gasteiger charge is 2.41. The summed E-state index contributed by atoms with van der Waals surface area (Å²) in [6.45, 7) is 0. The third kappa shape index (κ3) is 2.62. The molecule has 2 aliphatic rings. The lowest BCUT2D eigenvalue weighted by Gasteiger charge is -2.20. The van der Waals surface area contributed by atoms with Gasteiger partial charge in [-0.1, -0.05) is 12.1 Å². The normalized spacial score (nSPS) is 17.4. The van der Waals surface area contributed by atoms with Crippen LogP contribution in [0.2, 0.25) is 0 Å². The first-order valence-electron chi connectivity index (χ1n) is 8.82. The molecule has 0 unspecified atom stereocenters. The van der Waals surface area contributed by atoms with Gasteiger partial charge in [-0.3, -0.25) is 4.98 Å². The fraction of sp³-hybridized carbons (Fsp3) is 0.350.